The molecule has 0 aliphatic carbocycles. The number of hydrogen-bond acceptors (Lipinski definition) is 8. The normalized spacial score (nSPS) is 16.7. The molecule has 4 rings (SSSR count). The van der Waals surface area contributed by atoms with Crippen molar-refractivity contribution in [3.8, 4) is 11.8 Å². The minimum absolute atomic E-state index is 0.137. The number of methoxy groups -OCH3 is 1. The maximum Gasteiger partial charge on any atom is 0.293 e. The molecule has 10 heteroatoms. The summed E-state index contributed by atoms with van der Waals surface area (Å²) in [4.78, 5) is 31.2. The van der Waals surface area contributed by atoms with Crippen LogP contribution in [0.15, 0.2) is 18.5 Å². The number of carbonyl (C=O) groups excluding carboxylic acids is 1. The van der Waals surface area contributed by atoms with E-state index in [9.17, 15) is 4.79 Å². The fraction of sp³-hybridized carbons (Fsp3) is 0.412. The van der Waals surface area contributed by atoms with Crippen LogP contribution in [0.3, 0.4) is 0 Å². The molecule has 0 N–H and O–H groups in total. The standard InChI is InChI=1S/C17H19N7O3/c1-10-6-11(2)24-17(19-10)21-15(22-24)16(25)23-5-4-12(9-23)27-14-8-18-7-13(20-14)26-3/h6-8,12H,4-5,9H2,1-3H3. The van der Waals surface area contributed by atoms with E-state index in [0.717, 1.165) is 11.4 Å². The summed E-state index contributed by atoms with van der Waals surface area (Å²) in [6.45, 7) is 4.77. The zero-order chi connectivity index (χ0) is 19.0. The van der Waals surface area contributed by atoms with Crippen molar-refractivity contribution in [3.63, 3.8) is 0 Å². The Bertz CT molecular complexity index is 1000. The smallest absolute Gasteiger partial charge is 0.293 e. The molecule has 0 bridgehead atoms. The molecular formula is C17H19N7O3. The molecule has 3 aromatic heterocycles. The van der Waals surface area contributed by atoms with Gasteiger partial charge in [-0.05, 0) is 19.9 Å². The molecule has 0 radical (unpaired) electrons. The fourth-order valence-electron chi connectivity index (χ4n) is 3.06. The zero-order valence-corrected chi connectivity index (χ0v) is 15.3. The van der Waals surface area contributed by atoms with Crippen LogP contribution in [0.5, 0.6) is 11.8 Å². The van der Waals surface area contributed by atoms with Crippen molar-refractivity contribution < 1.29 is 14.3 Å². The van der Waals surface area contributed by atoms with Gasteiger partial charge < -0.3 is 14.4 Å². The van der Waals surface area contributed by atoms with Crippen LogP contribution >= 0.6 is 0 Å². The van der Waals surface area contributed by atoms with Crippen LogP contribution in [0.2, 0.25) is 0 Å². The van der Waals surface area contributed by atoms with E-state index in [0.29, 0.717) is 37.0 Å². The molecule has 10 nitrogen and oxygen atoms in total. The van der Waals surface area contributed by atoms with Gasteiger partial charge in [0.1, 0.15) is 6.10 Å². The van der Waals surface area contributed by atoms with E-state index in [1.807, 2.05) is 19.9 Å². The first kappa shape index (κ1) is 17.1. The lowest BCUT2D eigenvalue weighted by molar-refractivity contribution is 0.0759. The maximum atomic E-state index is 12.8. The number of carbonyl (C=O) groups is 1. The number of ether oxygens (including phenoxy) is 2. The SMILES string of the molecule is COc1cncc(OC2CCN(C(=O)c3nc4nc(C)cc(C)n4n3)C2)n1. The van der Waals surface area contributed by atoms with E-state index in [1.165, 1.54) is 19.5 Å². The van der Waals surface area contributed by atoms with Gasteiger partial charge in [-0.3, -0.25) is 9.78 Å². The molecule has 1 fully saturated rings. The van der Waals surface area contributed by atoms with Gasteiger partial charge in [-0.15, -0.1) is 5.10 Å². The second-order valence-corrected chi connectivity index (χ2v) is 6.37. The second-order valence-electron chi connectivity index (χ2n) is 6.37. The lowest BCUT2D eigenvalue weighted by atomic mass is 10.3. The summed E-state index contributed by atoms with van der Waals surface area (Å²) >= 11 is 0. The van der Waals surface area contributed by atoms with Crippen molar-refractivity contribution in [1.82, 2.24) is 34.4 Å². The zero-order valence-electron chi connectivity index (χ0n) is 15.3. The molecule has 0 aromatic carbocycles. The molecule has 0 saturated carbocycles. The van der Waals surface area contributed by atoms with Gasteiger partial charge in [0.25, 0.3) is 11.7 Å². The number of aromatic nitrogens is 6. The molecule has 1 atom stereocenters. The Hall–Kier alpha value is -3.30. The van der Waals surface area contributed by atoms with E-state index >= 15 is 0 Å². The van der Waals surface area contributed by atoms with Crippen molar-refractivity contribution in [2.45, 2.75) is 26.4 Å². The predicted octanol–water partition coefficient (Wildman–Crippen LogP) is 0.833. The van der Waals surface area contributed by atoms with E-state index in [2.05, 4.69) is 25.0 Å². The summed E-state index contributed by atoms with van der Waals surface area (Å²) in [6, 6.07) is 1.89. The van der Waals surface area contributed by atoms with Crippen molar-refractivity contribution in [1.29, 1.82) is 0 Å². The van der Waals surface area contributed by atoms with Crippen LogP contribution in [0.25, 0.3) is 5.78 Å². The molecule has 3 aromatic rings. The fourth-order valence-corrected chi connectivity index (χ4v) is 3.06. The highest BCUT2D eigenvalue weighted by Crippen LogP contribution is 2.19. The first-order chi connectivity index (χ1) is 13.0. The third-order valence-corrected chi connectivity index (χ3v) is 4.33. The van der Waals surface area contributed by atoms with Gasteiger partial charge >= 0.3 is 0 Å². The minimum atomic E-state index is -0.236. The van der Waals surface area contributed by atoms with Crippen LogP contribution in [-0.2, 0) is 0 Å². The molecule has 1 amide bonds. The van der Waals surface area contributed by atoms with Gasteiger partial charge in [0, 0.05) is 24.4 Å². The van der Waals surface area contributed by atoms with E-state index in [-0.39, 0.29) is 17.8 Å². The highest BCUT2D eigenvalue weighted by molar-refractivity contribution is 5.91. The Morgan fingerprint density at radius 2 is 2.00 bits per heavy atom. The van der Waals surface area contributed by atoms with Crippen molar-refractivity contribution in [3.05, 3.63) is 35.7 Å². The minimum Gasteiger partial charge on any atom is -0.480 e. The number of likely N-dealkylation sites (tertiary alicyclic amines) is 1. The van der Waals surface area contributed by atoms with E-state index < -0.39 is 0 Å². The molecule has 1 saturated heterocycles. The molecule has 1 aliphatic rings. The first-order valence-corrected chi connectivity index (χ1v) is 8.56. The number of fused-ring (bicyclic) bond motifs is 1. The third kappa shape index (κ3) is 3.37. The molecule has 1 aliphatic heterocycles. The number of aryl methyl sites for hydroxylation is 2. The van der Waals surface area contributed by atoms with Gasteiger partial charge in [-0.25, -0.2) is 9.50 Å². The van der Waals surface area contributed by atoms with Crippen LogP contribution < -0.4 is 9.47 Å². The Morgan fingerprint density at radius 1 is 1.19 bits per heavy atom. The lowest BCUT2D eigenvalue weighted by Gasteiger charge is -2.15. The van der Waals surface area contributed by atoms with Gasteiger partial charge in [-0.2, -0.15) is 9.97 Å². The number of nitrogens with zero attached hydrogens (tertiary/aromatic N) is 7. The van der Waals surface area contributed by atoms with E-state index in [1.54, 1.807) is 9.42 Å². The van der Waals surface area contributed by atoms with Crippen molar-refractivity contribution >= 4 is 11.7 Å². The highest BCUT2D eigenvalue weighted by atomic mass is 16.5. The summed E-state index contributed by atoms with van der Waals surface area (Å²) in [5.74, 6) is 1.08. The second kappa shape index (κ2) is 6.78. The van der Waals surface area contributed by atoms with Crippen LogP contribution in [-0.4, -0.2) is 66.7 Å². The quantitative estimate of drug-likeness (QED) is 0.666. The predicted molar refractivity (Wildman–Crippen MR) is 93.8 cm³/mol. The maximum absolute atomic E-state index is 12.8. The Morgan fingerprint density at radius 3 is 2.81 bits per heavy atom. The number of rotatable bonds is 4. The summed E-state index contributed by atoms with van der Waals surface area (Å²) in [5, 5.41) is 4.30. The summed E-state index contributed by atoms with van der Waals surface area (Å²) in [5.41, 5.74) is 1.71. The Kier molecular flexibility index (Phi) is 4.30. The largest absolute Gasteiger partial charge is 0.480 e. The summed E-state index contributed by atoms with van der Waals surface area (Å²) < 4.78 is 12.4. The van der Waals surface area contributed by atoms with Gasteiger partial charge in [0.05, 0.1) is 26.0 Å². The van der Waals surface area contributed by atoms with E-state index in [4.69, 9.17) is 9.47 Å². The van der Waals surface area contributed by atoms with Gasteiger partial charge in [0.2, 0.25) is 17.6 Å². The topological polar surface area (TPSA) is 108 Å². The monoisotopic (exact) mass is 369 g/mol. The lowest BCUT2D eigenvalue weighted by Crippen LogP contribution is -2.31. The average molecular weight is 369 g/mol. The third-order valence-electron chi connectivity index (χ3n) is 4.33. The highest BCUT2D eigenvalue weighted by Gasteiger charge is 2.31. The molecule has 27 heavy (non-hydrogen) atoms. The number of amides is 1. The first-order valence-electron chi connectivity index (χ1n) is 8.56. The average Bonchev–Trinajstić information content (AvgIpc) is 3.28. The molecule has 4 heterocycles. The van der Waals surface area contributed by atoms with Crippen LogP contribution in [0.4, 0.5) is 0 Å². The molecule has 0 spiro atoms. The molecule has 140 valence electrons. The van der Waals surface area contributed by atoms with Gasteiger partial charge in [-0.1, -0.05) is 0 Å². The number of hydrogen-bond donors (Lipinski definition) is 0. The summed E-state index contributed by atoms with van der Waals surface area (Å²) in [7, 11) is 1.52. The van der Waals surface area contributed by atoms with Crippen LogP contribution in [0, 0.1) is 13.8 Å². The Balaban J connectivity index is 1.47. The van der Waals surface area contributed by atoms with Crippen molar-refractivity contribution in [2.24, 2.45) is 0 Å². The molecule has 1 unspecified atom stereocenters. The van der Waals surface area contributed by atoms with Gasteiger partial charge in [0.15, 0.2) is 0 Å². The van der Waals surface area contributed by atoms with Crippen molar-refractivity contribution in [2.75, 3.05) is 20.2 Å². The summed E-state index contributed by atoms with van der Waals surface area (Å²) in [6.07, 6.45) is 3.54. The Labute approximate surface area is 155 Å². The van der Waals surface area contributed by atoms with Crippen LogP contribution in [0.1, 0.15) is 28.4 Å². The molecular weight excluding hydrogens is 350 g/mol.